The Labute approximate surface area is 146 Å². The first kappa shape index (κ1) is 17.1. The van der Waals surface area contributed by atoms with E-state index in [9.17, 15) is 14.0 Å². The van der Waals surface area contributed by atoms with Crippen molar-refractivity contribution in [1.29, 1.82) is 0 Å². The number of anilines is 1. The molecule has 0 spiro atoms. The summed E-state index contributed by atoms with van der Waals surface area (Å²) >= 11 is 0. The van der Waals surface area contributed by atoms with Crippen LogP contribution in [0.2, 0.25) is 0 Å². The number of amides is 2. The Hall–Kier alpha value is -2.69. The lowest BCUT2D eigenvalue weighted by Crippen LogP contribution is -2.45. The quantitative estimate of drug-likeness (QED) is 0.821. The first-order valence-corrected chi connectivity index (χ1v) is 8.46. The Morgan fingerprint density at radius 1 is 1.08 bits per heavy atom. The minimum Gasteiger partial charge on any atom is -0.351 e. The average Bonchev–Trinajstić information content (AvgIpc) is 3.44. The Morgan fingerprint density at radius 2 is 1.72 bits per heavy atom. The van der Waals surface area contributed by atoms with Gasteiger partial charge in [0.25, 0.3) is 0 Å². The number of nitrogens with one attached hydrogen (secondary N) is 1. The molecular weight excluding hydrogens is 319 g/mol. The van der Waals surface area contributed by atoms with E-state index in [4.69, 9.17) is 0 Å². The van der Waals surface area contributed by atoms with Gasteiger partial charge in [-0.25, -0.2) is 4.39 Å². The van der Waals surface area contributed by atoms with Gasteiger partial charge in [0.2, 0.25) is 11.8 Å². The maximum atomic E-state index is 13.0. The number of para-hydroxylation sites is 1. The molecule has 2 aromatic rings. The van der Waals surface area contributed by atoms with Crippen LogP contribution in [0, 0.1) is 11.2 Å². The predicted molar refractivity (Wildman–Crippen MR) is 94.4 cm³/mol. The molecule has 130 valence electrons. The molecule has 2 aromatic carbocycles. The van der Waals surface area contributed by atoms with E-state index in [0.717, 1.165) is 11.3 Å². The van der Waals surface area contributed by atoms with Crippen molar-refractivity contribution in [3.05, 3.63) is 66.0 Å². The van der Waals surface area contributed by atoms with Crippen molar-refractivity contribution < 1.29 is 14.0 Å². The molecule has 0 aromatic heterocycles. The van der Waals surface area contributed by atoms with Crippen molar-refractivity contribution in [2.75, 3.05) is 11.4 Å². The van der Waals surface area contributed by atoms with Crippen LogP contribution in [0.25, 0.3) is 0 Å². The van der Waals surface area contributed by atoms with E-state index in [-0.39, 0.29) is 24.2 Å². The van der Waals surface area contributed by atoms with Crippen molar-refractivity contribution in [3.63, 3.8) is 0 Å². The zero-order chi connectivity index (χ0) is 17.9. The topological polar surface area (TPSA) is 49.4 Å². The molecule has 0 unspecified atom stereocenters. The minimum atomic E-state index is -0.966. The molecule has 1 aliphatic rings. The van der Waals surface area contributed by atoms with Crippen molar-refractivity contribution in [3.8, 4) is 0 Å². The maximum Gasteiger partial charge on any atom is 0.242 e. The first-order chi connectivity index (χ1) is 12.1. The van der Waals surface area contributed by atoms with Gasteiger partial charge < -0.3 is 10.2 Å². The van der Waals surface area contributed by atoms with E-state index < -0.39 is 5.41 Å². The standard InChI is InChI=1S/C20H21FN2O2/c1-2-23(17-6-4-3-5-7-17)19(25)20(12-13-20)18(24)22-14-15-8-10-16(21)11-9-15/h3-11H,2,12-14H2,1H3,(H,22,24). The molecule has 5 heteroatoms. The average molecular weight is 340 g/mol. The molecule has 1 aliphatic carbocycles. The highest BCUT2D eigenvalue weighted by Crippen LogP contribution is 2.48. The van der Waals surface area contributed by atoms with Crippen molar-refractivity contribution in [1.82, 2.24) is 5.32 Å². The molecule has 0 atom stereocenters. The van der Waals surface area contributed by atoms with Crippen LogP contribution in [-0.4, -0.2) is 18.4 Å². The van der Waals surface area contributed by atoms with Gasteiger partial charge in [-0.3, -0.25) is 9.59 Å². The number of rotatable bonds is 6. The van der Waals surface area contributed by atoms with Crippen LogP contribution < -0.4 is 10.2 Å². The summed E-state index contributed by atoms with van der Waals surface area (Å²) in [4.78, 5) is 27.3. The maximum absolute atomic E-state index is 13.0. The Balaban J connectivity index is 1.69. The third kappa shape index (κ3) is 3.55. The van der Waals surface area contributed by atoms with Crippen LogP contribution in [0.4, 0.5) is 10.1 Å². The van der Waals surface area contributed by atoms with Crippen LogP contribution in [0.15, 0.2) is 54.6 Å². The monoisotopic (exact) mass is 340 g/mol. The fourth-order valence-electron chi connectivity index (χ4n) is 2.93. The van der Waals surface area contributed by atoms with E-state index in [0.29, 0.717) is 19.4 Å². The number of hydrogen-bond donors (Lipinski definition) is 1. The largest absolute Gasteiger partial charge is 0.351 e. The molecule has 0 radical (unpaired) electrons. The molecule has 4 nitrogen and oxygen atoms in total. The lowest BCUT2D eigenvalue weighted by molar-refractivity contribution is -0.135. The molecule has 0 saturated heterocycles. The fourth-order valence-corrected chi connectivity index (χ4v) is 2.93. The van der Waals surface area contributed by atoms with E-state index in [1.807, 2.05) is 37.3 Å². The van der Waals surface area contributed by atoms with E-state index in [1.165, 1.54) is 12.1 Å². The lowest BCUT2D eigenvalue weighted by atomic mass is 10.0. The second-order valence-electron chi connectivity index (χ2n) is 6.28. The molecule has 1 fully saturated rings. The molecular formula is C20H21FN2O2. The zero-order valence-electron chi connectivity index (χ0n) is 14.2. The molecule has 25 heavy (non-hydrogen) atoms. The molecule has 1 saturated carbocycles. The number of carbonyl (C=O) groups is 2. The van der Waals surface area contributed by atoms with Crippen molar-refractivity contribution >= 4 is 17.5 Å². The van der Waals surface area contributed by atoms with Crippen LogP contribution in [0.5, 0.6) is 0 Å². The number of carbonyl (C=O) groups excluding carboxylic acids is 2. The Kier molecular flexibility index (Phi) is 4.83. The van der Waals surface area contributed by atoms with Crippen LogP contribution in [-0.2, 0) is 16.1 Å². The number of hydrogen-bond acceptors (Lipinski definition) is 2. The second kappa shape index (κ2) is 7.05. The Morgan fingerprint density at radius 3 is 2.28 bits per heavy atom. The summed E-state index contributed by atoms with van der Waals surface area (Å²) in [6.07, 6.45) is 1.12. The second-order valence-corrected chi connectivity index (χ2v) is 6.28. The van der Waals surface area contributed by atoms with E-state index >= 15 is 0 Å². The minimum absolute atomic E-state index is 0.155. The summed E-state index contributed by atoms with van der Waals surface area (Å²) in [5.74, 6) is -0.723. The highest BCUT2D eigenvalue weighted by atomic mass is 19.1. The number of benzene rings is 2. The third-order valence-electron chi connectivity index (χ3n) is 4.59. The van der Waals surface area contributed by atoms with Gasteiger partial charge >= 0.3 is 0 Å². The summed E-state index contributed by atoms with van der Waals surface area (Å²) in [7, 11) is 0. The lowest BCUT2D eigenvalue weighted by Gasteiger charge is -2.26. The van der Waals surface area contributed by atoms with Gasteiger partial charge in [0.05, 0.1) is 0 Å². The molecule has 1 N–H and O–H groups in total. The van der Waals surface area contributed by atoms with Gasteiger partial charge in [0, 0.05) is 18.8 Å². The molecule has 3 rings (SSSR count). The van der Waals surface area contributed by atoms with Gasteiger partial charge in [0.15, 0.2) is 0 Å². The number of halogens is 1. The molecule has 0 aliphatic heterocycles. The van der Waals surface area contributed by atoms with E-state index in [1.54, 1.807) is 17.0 Å². The van der Waals surface area contributed by atoms with Gasteiger partial charge in [-0.05, 0) is 49.6 Å². The number of nitrogens with zero attached hydrogens (tertiary/aromatic N) is 1. The normalized spacial score (nSPS) is 14.6. The summed E-state index contributed by atoms with van der Waals surface area (Å²) in [6.45, 7) is 2.69. The molecule has 0 bridgehead atoms. The van der Waals surface area contributed by atoms with Crippen LogP contribution >= 0.6 is 0 Å². The predicted octanol–water partition coefficient (Wildman–Crippen LogP) is 3.28. The van der Waals surface area contributed by atoms with Crippen LogP contribution in [0.1, 0.15) is 25.3 Å². The van der Waals surface area contributed by atoms with E-state index in [2.05, 4.69) is 5.32 Å². The summed E-state index contributed by atoms with van der Waals surface area (Å²) in [5.41, 5.74) is 0.632. The summed E-state index contributed by atoms with van der Waals surface area (Å²) in [6, 6.07) is 15.3. The first-order valence-electron chi connectivity index (χ1n) is 8.46. The van der Waals surface area contributed by atoms with Gasteiger partial charge in [-0.2, -0.15) is 0 Å². The van der Waals surface area contributed by atoms with Crippen molar-refractivity contribution in [2.24, 2.45) is 5.41 Å². The van der Waals surface area contributed by atoms with Crippen LogP contribution in [0.3, 0.4) is 0 Å². The fraction of sp³-hybridized carbons (Fsp3) is 0.300. The summed E-state index contributed by atoms with van der Waals surface area (Å²) in [5, 5.41) is 2.82. The Bertz CT molecular complexity index is 755. The van der Waals surface area contributed by atoms with Gasteiger partial charge in [0.1, 0.15) is 11.2 Å². The van der Waals surface area contributed by atoms with Gasteiger partial charge in [-0.15, -0.1) is 0 Å². The SMILES string of the molecule is CCN(C(=O)C1(C(=O)NCc2ccc(F)cc2)CC1)c1ccccc1. The van der Waals surface area contributed by atoms with Crippen molar-refractivity contribution in [2.45, 2.75) is 26.3 Å². The summed E-state index contributed by atoms with van der Waals surface area (Å²) < 4.78 is 12.9. The highest BCUT2D eigenvalue weighted by Gasteiger charge is 2.57. The third-order valence-corrected chi connectivity index (χ3v) is 4.59. The molecule has 2 amide bonds. The van der Waals surface area contributed by atoms with Gasteiger partial charge in [-0.1, -0.05) is 30.3 Å². The zero-order valence-corrected chi connectivity index (χ0v) is 14.2. The smallest absolute Gasteiger partial charge is 0.242 e. The molecule has 0 heterocycles. The highest BCUT2D eigenvalue weighted by molar-refractivity contribution is 6.14.